The third-order valence-corrected chi connectivity index (χ3v) is 2.74. The number of rotatable bonds is 4. The summed E-state index contributed by atoms with van der Waals surface area (Å²) in [7, 11) is 0. The molecular formula is C15H17N3O2. The summed E-state index contributed by atoms with van der Waals surface area (Å²) in [4.78, 5) is 15.7. The van der Waals surface area contributed by atoms with E-state index in [4.69, 9.17) is 10.5 Å². The van der Waals surface area contributed by atoms with Crippen molar-refractivity contribution in [2.75, 3.05) is 12.3 Å². The van der Waals surface area contributed by atoms with Crippen LogP contribution in [0.5, 0.6) is 11.5 Å². The number of hydrogen-bond acceptors (Lipinski definition) is 4. The maximum atomic E-state index is 11.7. The zero-order valence-electron chi connectivity index (χ0n) is 11.5. The van der Waals surface area contributed by atoms with Crippen LogP contribution >= 0.6 is 0 Å². The second kappa shape index (κ2) is 6.06. The molecule has 20 heavy (non-hydrogen) atoms. The van der Waals surface area contributed by atoms with Crippen LogP contribution in [0, 0.1) is 6.92 Å². The molecule has 5 nitrogen and oxygen atoms in total. The third kappa shape index (κ3) is 3.26. The Morgan fingerprint density at radius 2 is 2.15 bits per heavy atom. The molecule has 2 aromatic rings. The van der Waals surface area contributed by atoms with Crippen LogP contribution in [0.1, 0.15) is 23.0 Å². The van der Waals surface area contributed by atoms with Crippen molar-refractivity contribution >= 4 is 11.6 Å². The number of nitrogen functional groups attached to an aromatic ring is 1. The molecule has 5 heteroatoms. The predicted molar refractivity (Wildman–Crippen MR) is 77.9 cm³/mol. The normalized spacial score (nSPS) is 10.1. The largest absolute Gasteiger partial charge is 0.457 e. The molecule has 0 aliphatic rings. The number of pyridine rings is 1. The molecule has 1 aromatic carbocycles. The molecule has 0 spiro atoms. The van der Waals surface area contributed by atoms with Crippen LogP contribution in [-0.4, -0.2) is 17.4 Å². The summed E-state index contributed by atoms with van der Waals surface area (Å²) in [6, 6.07) is 8.76. The fourth-order valence-corrected chi connectivity index (χ4v) is 1.70. The molecule has 1 heterocycles. The summed E-state index contributed by atoms with van der Waals surface area (Å²) in [5.41, 5.74) is 7.66. The lowest BCUT2D eigenvalue weighted by Gasteiger charge is -2.10. The number of amides is 1. The quantitative estimate of drug-likeness (QED) is 0.838. The van der Waals surface area contributed by atoms with Gasteiger partial charge in [-0.2, -0.15) is 0 Å². The average Bonchev–Trinajstić information content (AvgIpc) is 2.43. The first kappa shape index (κ1) is 13.9. The smallest absolute Gasteiger partial charge is 0.270 e. The molecule has 1 amide bonds. The van der Waals surface area contributed by atoms with Crippen molar-refractivity contribution in [2.24, 2.45) is 0 Å². The van der Waals surface area contributed by atoms with E-state index in [1.54, 1.807) is 24.4 Å². The van der Waals surface area contributed by atoms with Crippen LogP contribution in [0.2, 0.25) is 0 Å². The zero-order chi connectivity index (χ0) is 14.5. The number of anilines is 1. The minimum atomic E-state index is -0.220. The van der Waals surface area contributed by atoms with E-state index in [1.165, 1.54) is 0 Å². The Bertz CT molecular complexity index is 626. The van der Waals surface area contributed by atoms with Gasteiger partial charge in [0.05, 0.1) is 0 Å². The van der Waals surface area contributed by atoms with Crippen LogP contribution < -0.4 is 15.8 Å². The summed E-state index contributed by atoms with van der Waals surface area (Å²) >= 11 is 0. The van der Waals surface area contributed by atoms with E-state index in [9.17, 15) is 4.79 Å². The number of hydrogen-bond donors (Lipinski definition) is 2. The van der Waals surface area contributed by atoms with Crippen molar-refractivity contribution in [2.45, 2.75) is 13.8 Å². The van der Waals surface area contributed by atoms with Gasteiger partial charge < -0.3 is 15.8 Å². The van der Waals surface area contributed by atoms with Gasteiger partial charge >= 0.3 is 0 Å². The van der Waals surface area contributed by atoms with Gasteiger partial charge in [0, 0.05) is 30.6 Å². The first-order valence-electron chi connectivity index (χ1n) is 6.38. The Hall–Kier alpha value is -2.56. The van der Waals surface area contributed by atoms with Crippen LogP contribution in [0.25, 0.3) is 0 Å². The number of aryl methyl sites for hydroxylation is 1. The van der Waals surface area contributed by atoms with Gasteiger partial charge in [-0.05, 0) is 31.5 Å². The van der Waals surface area contributed by atoms with E-state index in [-0.39, 0.29) is 5.91 Å². The standard InChI is InChI=1S/C15H17N3O2/c1-3-17-15(19)13-9-12(6-7-18-13)20-14-8-11(16)5-4-10(14)2/h4-9H,3,16H2,1-2H3,(H,17,19). The summed E-state index contributed by atoms with van der Waals surface area (Å²) in [6.07, 6.45) is 1.54. The van der Waals surface area contributed by atoms with Crippen LogP contribution in [0.15, 0.2) is 36.5 Å². The van der Waals surface area contributed by atoms with Crippen LogP contribution in [0.4, 0.5) is 5.69 Å². The topological polar surface area (TPSA) is 77.2 Å². The number of carbonyl (C=O) groups is 1. The molecule has 104 valence electrons. The second-order valence-corrected chi connectivity index (χ2v) is 4.36. The van der Waals surface area contributed by atoms with Crippen molar-refractivity contribution in [1.82, 2.24) is 10.3 Å². The van der Waals surface area contributed by atoms with Crippen molar-refractivity contribution in [1.29, 1.82) is 0 Å². The molecule has 0 saturated heterocycles. The minimum Gasteiger partial charge on any atom is -0.457 e. The summed E-state index contributed by atoms with van der Waals surface area (Å²) in [6.45, 7) is 4.34. The Morgan fingerprint density at radius 3 is 2.90 bits per heavy atom. The van der Waals surface area contributed by atoms with Crippen molar-refractivity contribution < 1.29 is 9.53 Å². The number of nitrogens with one attached hydrogen (secondary N) is 1. The molecule has 0 fully saturated rings. The maximum absolute atomic E-state index is 11.7. The lowest BCUT2D eigenvalue weighted by Crippen LogP contribution is -2.23. The van der Waals surface area contributed by atoms with Crippen molar-refractivity contribution in [3.63, 3.8) is 0 Å². The van der Waals surface area contributed by atoms with Gasteiger partial charge in [0.15, 0.2) is 0 Å². The van der Waals surface area contributed by atoms with Gasteiger partial charge in [-0.3, -0.25) is 9.78 Å². The summed E-state index contributed by atoms with van der Waals surface area (Å²) in [5, 5.41) is 2.70. The predicted octanol–water partition coefficient (Wildman–Crippen LogP) is 2.51. The van der Waals surface area contributed by atoms with Gasteiger partial charge in [0.25, 0.3) is 5.91 Å². The zero-order valence-corrected chi connectivity index (χ0v) is 11.5. The number of aromatic nitrogens is 1. The van der Waals surface area contributed by atoms with E-state index < -0.39 is 0 Å². The highest BCUT2D eigenvalue weighted by atomic mass is 16.5. The lowest BCUT2D eigenvalue weighted by molar-refractivity contribution is 0.0950. The molecule has 0 radical (unpaired) electrons. The van der Waals surface area contributed by atoms with Crippen molar-refractivity contribution in [3.8, 4) is 11.5 Å². The Balaban J connectivity index is 2.23. The first-order chi connectivity index (χ1) is 9.60. The average molecular weight is 271 g/mol. The van der Waals surface area contributed by atoms with Crippen molar-refractivity contribution in [3.05, 3.63) is 47.8 Å². The number of benzene rings is 1. The molecule has 0 bridgehead atoms. The highest BCUT2D eigenvalue weighted by molar-refractivity contribution is 5.92. The highest BCUT2D eigenvalue weighted by Crippen LogP contribution is 2.26. The fourth-order valence-electron chi connectivity index (χ4n) is 1.70. The molecule has 0 aliphatic carbocycles. The molecule has 0 atom stereocenters. The summed E-state index contributed by atoms with van der Waals surface area (Å²) < 4.78 is 5.76. The molecule has 0 saturated carbocycles. The molecular weight excluding hydrogens is 254 g/mol. The Labute approximate surface area is 117 Å². The Morgan fingerprint density at radius 1 is 1.35 bits per heavy atom. The fraction of sp³-hybridized carbons (Fsp3) is 0.200. The van der Waals surface area contributed by atoms with E-state index in [0.717, 1.165) is 5.56 Å². The van der Waals surface area contributed by atoms with E-state index in [0.29, 0.717) is 29.4 Å². The SMILES string of the molecule is CCNC(=O)c1cc(Oc2cc(N)ccc2C)ccn1. The van der Waals surface area contributed by atoms with Gasteiger partial charge in [-0.15, -0.1) is 0 Å². The number of carbonyl (C=O) groups excluding carboxylic acids is 1. The minimum absolute atomic E-state index is 0.220. The third-order valence-electron chi connectivity index (χ3n) is 2.74. The number of nitrogens with zero attached hydrogens (tertiary/aromatic N) is 1. The van der Waals surface area contributed by atoms with E-state index in [1.807, 2.05) is 26.0 Å². The maximum Gasteiger partial charge on any atom is 0.270 e. The first-order valence-corrected chi connectivity index (χ1v) is 6.38. The van der Waals surface area contributed by atoms with Crippen LogP contribution in [-0.2, 0) is 0 Å². The number of ether oxygens (including phenoxy) is 1. The number of nitrogens with two attached hydrogens (primary N) is 1. The van der Waals surface area contributed by atoms with Crippen LogP contribution in [0.3, 0.4) is 0 Å². The highest BCUT2D eigenvalue weighted by Gasteiger charge is 2.08. The molecule has 0 aliphatic heterocycles. The second-order valence-electron chi connectivity index (χ2n) is 4.36. The van der Waals surface area contributed by atoms with E-state index in [2.05, 4.69) is 10.3 Å². The Kier molecular flexibility index (Phi) is 4.20. The van der Waals surface area contributed by atoms with Gasteiger partial charge in [0.2, 0.25) is 0 Å². The van der Waals surface area contributed by atoms with E-state index >= 15 is 0 Å². The van der Waals surface area contributed by atoms with Gasteiger partial charge in [-0.25, -0.2) is 0 Å². The molecule has 2 rings (SSSR count). The summed E-state index contributed by atoms with van der Waals surface area (Å²) in [5.74, 6) is 0.996. The monoisotopic (exact) mass is 271 g/mol. The molecule has 0 unspecified atom stereocenters. The van der Waals surface area contributed by atoms with Gasteiger partial charge in [0.1, 0.15) is 17.2 Å². The molecule has 3 N–H and O–H groups in total. The van der Waals surface area contributed by atoms with Gasteiger partial charge in [-0.1, -0.05) is 6.07 Å². The molecule has 1 aromatic heterocycles. The lowest BCUT2D eigenvalue weighted by atomic mass is 10.2.